The van der Waals surface area contributed by atoms with Crippen LogP contribution in [0.3, 0.4) is 0 Å². The summed E-state index contributed by atoms with van der Waals surface area (Å²) in [5.41, 5.74) is 4.10. The molecule has 1 atom stereocenters. The zero-order valence-electron chi connectivity index (χ0n) is 16.9. The van der Waals surface area contributed by atoms with E-state index in [1.54, 1.807) is 17.2 Å². The summed E-state index contributed by atoms with van der Waals surface area (Å²) in [6.45, 7) is 6.86. The summed E-state index contributed by atoms with van der Waals surface area (Å²) in [5.74, 6) is 0.667. The summed E-state index contributed by atoms with van der Waals surface area (Å²) in [7, 11) is 0. The van der Waals surface area contributed by atoms with Gasteiger partial charge in [0, 0.05) is 18.7 Å². The highest BCUT2D eigenvalue weighted by atomic mass is 16.5. The molecule has 1 heterocycles. The minimum Gasteiger partial charge on any atom is -0.494 e. The lowest BCUT2D eigenvalue weighted by molar-refractivity contribution is -0.126. The van der Waals surface area contributed by atoms with Gasteiger partial charge in [0.15, 0.2) is 0 Å². The van der Waals surface area contributed by atoms with Crippen LogP contribution in [0, 0.1) is 5.92 Å². The van der Waals surface area contributed by atoms with Crippen LogP contribution in [0.2, 0.25) is 0 Å². The first-order chi connectivity index (χ1) is 14.6. The molecular weight excluding hydrogens is 382 g/mol. The normalized spacial score (nSPS) is 16.0. The first kappa shape index (κ1) is 21.1. The van der Waals surface area contributed by atoms with Gasteiger partial charge in [0.25, 0.3) is 0 Å². The maximum Gasteiger partial charge on any atom is 0.245 e. The monoisotopic (exact) mass is 407 g/mol. The number of hydrogen-bond acceptors (Lipinski definition) is 5. The highest BCUT2D eigenvalue weighted by Gasteiger charge is 2.35. The minimum atomic E-state index is -0.448. The van der Waals surface area contributed by atoms with Gasteiger partial charge in [0.1, 0.15) is 18.1 Å². The molecule has 2 aromatic rings. The van der Waals surface area contributed by atoms with Gasteiger partial charge < -0.3 is 14.4 Å². The number of hydrogen-bond donors (Lipinski definition) is 1. The Labute approximate surface area is 176 Å². The molecule has 1 fully saturated rings. The molecule has 1 saturated heterocycles. The fourth-order valence-electron chi connectivity index (χ4n) is 3.09. The van der Waals surface area contributed by atoms with E-state index in [-0.39, 0.29) is 18.2 Å². The van der Waals surface area contributed by atoms with Gasteiger partial charge in [-0.15, -0.1) is 0 Å². The number of benzene rings is 2. The topological polar surface area (TPSA) is 80.2 Å². The van der Waals surface area contributed by atoms with Gasteiger partial charge in [-0.25, -0.2) is 5.43 Å². The van der Waals surface area contributed by atoms with Crippen LogP contribution in [0.1, 0.15) is 18.9 Å². The van der Waals surface area contributed by atoms with Crippen molar-refractivity contribution in [1.82, 2.24) is 5.43 Å². The lowest BCUT2D eigenvalue weighted by Crippen LogP contribution is -2.30. The van der Waals surface area contributed by atoms with Crippen molar-refractivity contribution in [2.24, 2.45) is 11.0 Å². The van der Waals surface area contributed by atoms with Crippen molar-refractivity contribution >= 4 is 23.7 Å². The van der Waals surface area contributed by atoms with Crippen LogP contribution in [0.5, 0.6) is 11.5 Å². The van der Waals surface area contributed by atoms with Crippen molar-refractivity contribution in [3.05, 3.63) is 66.7 Å². The third-order valence-electron chi connectivity index (χ3n) is 4.59. The molecule has 30 heavy (non-hydrogen) atoms. The molecule has 1 N–H and O–H groups in total. The van der Waals surface area contributed by atoms with Gasteiger partial charge in [0.05, 0.1) is 18.7 Å². The molecule has 156 valence electrons. The molecule has 0 radical (unpaired) electrons. The standard InChI is InChI=1S/C23H25N3O4/c1-3-13-30-21-9-5-17(6-10-21)15-24-25-23(28)18-14-22(27)26(16-18)19-7-11-20(12-8-19)29-4-2/h3,5-12,15,18H,1,4,13-14,16H2,2H3,(H,25,28)/b24-15-/t18-/m1/s1. The van der Waals surface area contributed by atoms with Crippen LogP contribution in [0.4, 0.5) is 5.69 Å². The number of rotatable bonds is 9. The third kappa shape index (κ3) is 5.47. The Balaban J connectivity index is 1.52. The number of nitrogens with one attached hydrogen (secondary N) is 1. The Hall–Kier alpha value is -3.61. The summed E-state index contributed by atoms with van der Waals surface area (Å²) in [5, 5.41) is 4.00. The molecule has 0 bridgehead atoms. The van der Waals surface area contributed by atoms with Crippen molar-refractivity contribution in [2.45, 2.75) is 13.3 Å². The lowest BCUT2D eigenvalue weighted by Gasteiger charge is -2.17. The van der Waals surface area contributed by atoms with Crippen LogP contribution >= 0.6 is 0 Å². The Morgan fingerprint density at radius 1 is 1.17 bits per heavy atom. The number of nitrogens with zero attached hydrogens (tertiary/aromatic N) is 2. The van der Waals surface area contributed by atoms with Gasteiger partial charge in [-0.05, 0) is 61.0 Å². The molecule has 3 rings (SSSR count). The van der Waals surface area contributed by atoms with Crippen molar-refractivity contribution in [3.63, 3.8) is 0 Å². The number of amides is 2. The quantitative estimate of drug-likeness (QED) is 0.393. The van der Waals surface area contributed by atoms with Crippen LogP contribution in [-0.4, -0.2) is 37.8 Å². The van der Waals surface area contributed by atoms with E-state index in [1.165, 1.54) is 0 Å². The van der Waals surface area contributed by atoms with E-state index in [0.717, 1.165) is 22.7 Å². The summed E-state index contributed by atoms with van der Waals surface area (Å²) in [4.78, 5) is 26.4. The molecular formula is C23H25N3O4. The molecule has 1 aliphatic heterocycles. The van der Waals surface area contributed by atoms with Crippen molar-refractivity contribution in [2.75, 3.05) is 24.7 Å². The Morgan fingerprint density at radius 2 is 1.83 bits per heavy atom. The predicted molar refractivity (Wildman–Crippen MR) is 116 cm³/mol. The molecule has 7 nitrogen and oxygen atoms in total. The number of hydrazone groups is 1. The average Bonchev–Trinajstić information content (AvgIpc) is 3.15. The second-order valence-electron chi connectivity index (χ2n) is 6.74. The number of anilines is 1. The van der Waals surface area contributed by atoms with Crippen molar-refractivity contribution < 1.29 is 19.1 Å². The smallest absolute Gasteiger partial charge is 0.245 e. The highest BCUT2D eigenvalue weighted by molar-refractivity contribution is 6.00. The Bertz CT molecular complexity index is 907. The summed E-state index contributed by atoms with van der Waals surface area (Å²) < 4.78 is 10.8. The van der Waals surface area contributed by atoms with Crippen LogP contribution in [0.25, 0.3) is 0 Å². The van der Waals surface area contributed by atoms with E-state index in [0.29, 0.717) is 19.8 Å². The molecule has 0 saturated carbocycles. The largest absolute Gasteiger partial charge is 0.494 e. The van der Waals surface area contributed by atoms with E-state index >= 15 is 0 Å². The maximum atomic E-state index is 12.4. The van der Waals surface area contributed by atoms with E-state index in [4.69, 9.17) is 9.47 Å². The minimum absolute atomic E-state index is 0.0848. The molecule has 0 unspecified atom stereocenters. The first-order valence-electron chi connectivity index (χ1n) is 9.80. The number of ether oxygens (including phenoxy) is 2. The second kappa shape index (κ2) is 10.2. The van der Waals surface area contributed by atoms with Gasteiger partial charge >= 0.3 is 0 Å². The van der Waals surface area contributed by atoms with Gasteiger partial charge in [0.2, 0.25) is 11.8 Å². The molecule has 7 heteroatoms. The molecule has 2 aromatic carbocycles. The highest BCUT2D eigenvalue weighted by Crippen LogP contribution is 2.27. The SMILES string of the molecule is C=CCOc1ccc(/C=N\NC(=O)[C@@H]2CC(=O)N(c3ccc(OCC)cc3)C2)cc1. The number of carbonyl (C=O) groups is 2. The van der Waals surface area contributed by atoms with E-state index in [2.05, 4.69) is 17.1 Å². The van der Waals surface area contributed by atoms with Gasteiger partial charge in [-0.3, -0.25) is 9.59 Å². The third-order valence-corrected chi connectivity index (χ3v) is 4.59. The van der Waals surface area contributed by atoms with Crippen molar-refractivity contribution in [3.8, 4) is 11.5 Å². The number of carbonyl (C=O) groups excluding carboxylic acids is 2. The zero-order valence-corrected chi connectivity index (χ0v) is 16.9. The van der Waals surface area contributed by atoms with E-state index in [9.17, 15) is 9.59 Å². The molecule has 1 aliphatic rings. The van der Waals surface area contributed by atoms with Crippen LogP contribution in [-0.2, 0) is 9.59 Å². The van der Waals surface area contributed by atoms with Gasteiger partial charge in [-0.2, -0.15) is 5.10 Å². The predicted octanol–water partition coefficient (Wildman–Crippen LogP) is 3.15. The second-order valence-corrected chi connectivity index (χ2v) is 6.74. The summed E-state index contributed by atoms with van der Waals surface area (Å²) in [6, 6.07) is 14.6. The maximum absolute atomic E-state index is 12.4. The molecule has 2 amide bonds. The molecule has 0 spiro atoms. The van der Waals surface area contributed by atoms with Crippen molar-refractivity contribution in [1.29, 1.82) is 0 Å². The van der Waals surface area contributed by atoms with Crippen LogP contribution in [0.15, 0.2) is 66.3 Å². The fraction of sp³-hybridized carbons (Fsp3) is 0.261. The summed E-state index contributed by atoms with van der Waals surface area (Å²) >= 11 is 0. The Morgan fingerprint density at radius 3 is 2.50 bits per heavy atom. The van der Waals surface area contributed by atoms with E-state index in [1.807, 2.05) is 55.5 Å². The zero-order chi connectivity index (χ0) is 21.3. The van der Waals surface area contributed by atoms with Gasteiger partial charge in [-0.1, -0.05) is 12.7 Å². The molecule has 0 aliphatic carbocycles. The van der Waals surface area contributed by atoms with Crippen LogP contribution < -0.4 is 19.8 Å². The average molecular weight is 407 g/mol. The molecule has 0 aromatic heterocycles. The summed E-state index contributed by atoms with van der Waals surface area (Å²) in [6.07, 6.45) is 3.38. The van der Waals surface area contributed by atoms with E-state index < -0.39 is 5.92 Å². The lowest BCUT2D eigenvalue weighted by atomic mass is 10.1. The fourth-order valence-corrected chi connectivity index (χ4v) is 3.09. The Kier molecular flexibility index (Phi) is 7.21. The first-order valence-corrected chi connectivity index (χ1v) is 9.80.